The van der Waals surface area contributed by atoms with E-state index in [0.717, 1.165) is 5.56 Å². The summed E-state index contributed by atoms with van der Waals surface area (Å²) in [6.45, 7) is 5.73. The number of sulfonamides is 1. The Bertz CT molecular complexity index is 1380. The third-order valence-corrected chi connectivity index (χ3v) is 7.60. The number of nitrogens with zero attached hydrogens (tertiary/aromatic N) is 4. The van der Waals surface area contributed by atoms with Crippen LogP contribution in [0, 0.1) is 0 Å². The van der Waals surface area contributed by atoms with E-state index in [1.165, 1.54) is 10.6 Å². The van der Waals surface area contributed by atoms with Crippen LogP contribution in [0.25, 0.3) is 22.3 Å². The molecule has 0 radical (unpaired) electrons. The Hall–Kier alpha value is -3.18. The van der Waals surface area contributed by atoms with E-state index in [0.29, 0.717) is 66.4 Å². The van der Waals surface area contributed by atoms with Crippen molar-refractivity contribution < 1.29 is 22.7 Å². The van der Waals surface area contributed by atoms with Gasteiger partial charge in [-0.25, -0.2) is 22.4 Å². The number of carbonyl (C=O) groups excluding carboxylic acids is 1. The van der Waals surface area contributed by atoms with Crippen LogP contribution in [0.15, 0.2) is 30.5 Å². The Morgan fingerprint density at radius 3 is 2.69 bits per heavy atom. The molecule has 1 saturated heterocycles. The van der Waals surface area contributed by atoms with E-state index in [2.05, 4.69) is 10.4 Å². The number of amides is 1. The topological polar surface area (TPSA) is 116 Å². The number of benzene rings is 1. The summed E-state index contributed by atoms with van der Waals surface area (Å²) >= 11 is 0. The largest absolute Gasteiger partial charge is 0.486 e. The van der Waals surface area contributed by atoms with Crippen molar-refractivity contribution in [3.8, 4) is 22.8 Å². The summed E-state index contributed by atoms with van der Waals surface area (Å²) in [5, 5.41) is 8.16. The fourth-order valence-corrected chi connectivity index (χ4v) is 5.47. The maximum atomic E-state index is 13.5. The molecular formula is C24H29N5O5S. The molecule has 4 heterocycles. The number of hydrogen-bond donors (Lipinski definition) is 1. The van der Waals surface area contributed by atoms with Gasteiger partial charge < -0.3 is 14.8 Å². The Labute approximate surface area is 204 Å². The zero-order valence-corrected chi connectivity index (χ0v) is 20.8. The number of piperidine rings is 1. The van der Waals surface area contributed by atoms with Gasteiger partial charge in [-0.1, -0.05) is 0 Å². The zero-order chi connectivity index (χ0) is 24.7. The third kappa shape index (κ3) is 4.70. The molecule has 1 N–H and O–H groups in total. The molecule has 35 heavy (non-hydrogen) atoms. The highest BCUT2D eigenvalue weighted by atomic mass is 32.2. The molecule has 0 spiro atoms. The van der Waals surface area contributed by atoms with Crippen LogP contribution in [-0.2, 0) is 10.0 Å². The Morgan fingerprint density at radius 1 is 1.17 bits per heavy atom. The molecule has 11 heteroatoms. The highest BCUT2D eigenvalue weighted by Crippen LogP contribution is 2.35. The van der Waals surface area contributed by atoms with Crippen molar-refractivity contribution in [1.82, 2.24) is 24.4 Å². The normalized spacial score (nSPS) is 18.7. The molecule has 2 aliphatic heterocycles. The lowest BCUT2D eigenvalue weighted by Gasteiger charge is -2.31. The minimum Gasteiger partial charge on any atom is -0.486 e. The van der Waals surface area contributed by atoms with Gasteiger partial charge in [0.1, 0.15) is 13.2 Å². The van der Waals surface area contributed by atoms with Crippen LogP contribution in [-0.4, -0.2) is 72.0 Å². The second-order valence-electron chi connectivity index (χ2n) is 9.27. The zero-order valence-electron chi connectivity index (χ0n) is 20.0. The molecule has 2 aromatic heterocycles. The quantitative estimate of drug-likeness (QED) is 0.574. The highest BCUT2D eigenvalue weighted by Gasteiger charge is 2.28. The summed E-state index contributed by atoms with van der Waals surface area (Å²) in [7, 11) is -3.31. The maximum absolute atomic E-state index is 13.5. The molecule has 1 amide bonds. The monoisotopic (exact) mass is 499 g/mol. The van der Waals surface area contributed by atoms with E-state index >= 15 is 0 Å². The van der Waals surface area contributed by atoms with Crippen molar-refractivity contribution in [1.29, 1.82) is 0 Å². The van der Waals surface area contributed by atoms with Crippen LogP contribution in [0.1, 0.15) is 43.1 Å². The van der Waals surface area contributed by atoms with Gasteiger partial charge >= 0.3 is 0 Å². The van der Waals surface area contributed by atoms with Gasteiger partial charge in [-0.05, 0) is 51.0 Å². The number of nitrogens with one attached hydrogen (secondary N) is 1. The molecule has 5 rings (SSSR count). The summed E-state index contributed by atoms with van der Waals surface area (Å²) in [5.41, 5.74) is 2.47. The van der Waals surface area contributed by atoms with Crippen LogP contribution in [0.4, 0.5) is 0 Å². The number of hydrogen-bond acceptors (Lipinski definition) is 7. The SMILES string of the molecule is CC(C)n1ncc2c(C(=O)NC3CCCN(S(C)(=O)=O)C3)cc(-c3ccc4c(c3)OCCO4)nc21. The van der Waals surface area contributed by atoms with E-state index in [-0.39, 0.29) is 24.5 Å². The molecule has 0 saturated carbocycles. The first kappa shape index (κ1) is 23.6. The molecule has 1 aromatic carbocycles. The van der Waals surface area contributed by atoms with Crippen LogP contribution < -0.4 is 14.8 Å². The number of pyridine rings is 1. The van der Waals surface area contributed by atoms with Gasteiger partial charge in [0, 0.05) is 30.7 Å². The van der Waals surface area contributed by atoms with E-state index in [4.69, 9.17) is 14.5 Å². The molecule has 1 atom stereocenters. The van der Waals surface area contributed by atoms with Crippen molar-refractivity contribution in [3.05, 3.63) is 36.0 Å². The number of aromatic nitrogens is 3. The molecule has 3 aromatic rings. The van der Waals surface area contributed by atoms with Gasteiger partial charge in [-0.15, -0.1) is 0 Å². The first-order valence-electron chi connectivity index (χ1n) is 11.7. The van der Waals surface area contributed by atoms with Crippen molar-refractivity contribution in [2.24, 2.45) is 0 Å². The average Bonchev–Trinajstić information content (AvgIpc) is 3.27. The lowest BCUT2D eigenvalue weighted by Crippen LogP contribution is -2.49. The minimum absolute atomic E-state index is 0.0492. The van der Waals surface area contributed by atoms with Crippen LogP contribution in [0.3, 0.4) is 0 Å². The number of fused-ring (bicyclic) bond motifs is 2. The van der Waals surface area contributed by atoms with Crippen molar-refractivity contribution in [2.45, 2.75) is 38.8 Å². The Morgan fingerprint density at radius 2 is 1.94 bits per heavy atom. The van der Waals surface area contributed by atoms with Crippen LogP contribution >= 0.6 is 0 Å². The van der Waals surface area contributed by atoms with Gasteiger partial charge in [-0.3, -0.25) is 4.79 Å². The van der Waals surface area contributed by atoms with Gasteiger partial charge in [0.15, 0.2) is 17.1 Å². The molecule has 1 unspecified atom stereocenters. The average molecular weight is 500 g/mol. The molecule has 0 bridgehead atoms. The fraction of sp³-hybridized carbons (Fsp3) is 0.458. The van der Waals surface area contributed by atoms with Crippen LogP contribution in [0.5, 0.6) is 11.5 Å². The second kappa shape index (κ2) is 9.12. The molecule has 1 fully saturated rings. The number of carbonyl (C=O) groups is 1. The lowest BCUT2D eigenvalue weighted by molar-refractivity contribution is 0.0923. The van der Waals surface area contributed by atoms with Crippen molar-refractivity contribution >= 4 is 27.0 Å². The fourth-order valence-electron chi connectivity index (χ4n) is 4.56. The minimum atomic E-state index is -3.31. The maximum Gasteiger partial charge on any atom is 0.252 e. The Kier molecular flexibility index (Phi) is 6.14. The van der Waals surface area contributed by atoms with Crippen molar-refractivity contribution in [2.75, 3.05) is 32.6 Å². The smallest absolute Gasteiger partial charge is 0.252 e. The highest BCUT2D eigenvalue weighted by molar-refractivity contribution is 7.88. The Balaban J connectivity index is 1.52. The standard InChI is InChI=1S/C24H29N5O5S/c1-15(2)29-23-19(13-25-29)18(24(30)26-17-5-4-8-28(14-17)35(3,31)32)12-20(27-23)16-6-7-21-22(11-16)34-10-9-33-21/h6-7,11-13,15,17H,4-5,8-10,14H2,1-3H3,(H,26,30). The van der Waals surface area contributed by atoms with Gasteiger partial charge in [0.25, 0.3) is 5.91 Å². The third-order valence-electron chi connectivity index (χ3n) is 6.33. The molecule has 186 valence electrons. The van der Waals surface area contributed by atoms with E-state index in [1.54, 1.807) is 16.9 Å². The van der Waals surface area contributed by atoms with Gasteiger partial charge in [-0.2, -0.15) is 5.10 Å². The van der Waals surface area contributed by atoms with Gasteiger partial charge in [0.05, 0.1) is 29.1 Å². The summed E-state index contributed by atoms with van der Waals surface area (Å²) in [6, 6.07) is 7.14. The first-order valence-corrected chi connectivity index (χ1v) is 13.6. The summed E-state index contributed by atoms with van der Waals surface area (Å²) in [6.07, 6.45) is 4.27. The summed E-state index contributed by atoms with van der Waals surface area (Å²) < 4.78 is 38.6. The van der Waals surface area contributed by atoms with E-state index < -0.39 is 10.0 Å². The number of rotatable bonds is 5. The lowest BCUT2D eigenvalue weighted by atomic mass is 10.0. The van der Waals surface area contributed by atoms with E-state index in [9.17, 15) is 13.2 Å². The van der Waals surface area contributed by atoms with E-state index in [1.807, 2.05) is 32.0 Å². The molecule has 2 aliphatic rings. The number of ether oxygens (including phenoxy) is 2. The predicted octanol–water partition coefficient (Wildman–Crippen LogP) is 2.60. The van der Waals surface area contributed by atoms with Gasteiger partial charge in [0.2, 0.25) is 10.0 Å². The molecule has 10 nitrogen and oxygen atoms in total. The predicted molar refractivity (Wildman–Crippen MR) is 131 cm³/mol. The summed E-state index contributed by atoms with van der Waals surface area (Å²) in [4.78, 5) is 18.3. The molecule has 0 aliphatic carbocycles. The summed E-state index contributed by atoms with van der Waals surface area (Å²) in [5.74, 6) is 1.04. The molecular weight excluding hydrogens is 470 g/mol. The second-order valence-corrected chi connectivity index (χ2v) is 11.2. The van der Waals surface area contributed by atoms with Crippen molar-refractivity contribution in [3.63, 3.8) is 0 Å². The first-order chi connectivity index (χ1) is 16.7. The van der Waals surface area contributed by atoms with Crippen LogP contribution in [0.2, 0.25) is 0 Å².